The number of nitrogens with zero attached hydrogens (tertiary/aromatic N) is 2. The molecule has 0 atom stereocenters. The van der Waals surface area contributed by atoms with Gasteiger partial charge in [-0.05, 0) is 54.2 Å². The van der Waals surface area contributed by atoms with Crippen LogP contribution in [0.5, 0.6) is 0 Å². The Kier molecular flexibility index (Phi) is 7.15. The molecule has 0 aliphatic carbocycles. The molecule has 2 N–H and O–H groups in total. The van der Waals surface area contributed by atoms with Gasteiger partial charge < -0.3 is 10.6 Å². The minimum atomic E-state index is -4.57. The fourth-order valence-corrected chi connectivity index (χ4v) is 3.30. The third-order valence-corrected chi connectivity index (χ3v) is 4.68. The largest absolute Gasteiger partial charge is 0.421 e. The Labute approximate surface area is 181 Å². The Morgan fingerprint density at radius 1 is 0.935 bits per heavy atom. The standard InChI is InChI=1S/C24H27F3N4/c1-4-6-17-9-11-19(12-10-17)30-23-28-15-21(24(25,26)27)22(31-23)29-20-8-5-7-18(14-20)13-16(2)3/h5,7-12,14-16H,4,6,13H2,1-3H3,(H2,28,29,30,31). The molecule has 0 unspecified atom stereocenters. The summed E-state index contributed by atoms with van der Waals surface area (Å²) in [6.45, 7) is 6.30. The van der Waals surface area contributed by atoms with Gasteiger partial charge in [-0.2, -0.15) is 18.2 Å². The first-order valence-corrected chi connectivity index (χ1v) is 10.4. The fourth-order valence-electron chi connectivity index (χ4n) is 3.30. The molecule has 7 heteroatoms. The van der Waals surface area contributed by atoms with Gasteiger partial charge in [0.2, 0.25) is 5.95 Å². The summed E-state index contributed by atoms with van der Waals surface area (Å²) in [7, 11) is 0. The van der Waals surface area contributed by atoms with E-state index in [1.165, 1.54) is 5.56 Å². The average Bonchev–Trinajstić information content (AvgIpc) is 2.69. The number of rotatable bonds is 8. The highest BCUT2D eigenvalue weighted by molar-refractivity contribution is 5.63. The van der Waals surface area contributed by atoms with Gasteiger partial charge in [0.25, 0.3) is 0 Å². The number of hydrogen-bond donors (Lipinski definition) is 2. The monoisotopic (exact) mass is 428 g/mol. The van der Waals surface area contributed by atoms with Gasteiger partial charge >= 0.3 is 6.18 Å². The number of aromatic nitrogens is 2. The molecule has 1 aromatic heterocycles. The topological polar surface area (TPSA) is 49.8 Å². The molecule has 0 amide bonds. The van der Waals surface area contributed by atoms with Gasteiger partial charge in [-0.3, -0.25) is 0 Å². The number of nitrogens with one attached hydrogen (secondary N) is 2. The summed E-state index contributed by atoms with van der Waals surface area (Å²) < 4.78 is 40.6. The first-order chi connectivity index (χ1) is 14.7. The van der Waals surface area contributed by atoms with Crippen molar-refractivity contribution in [2.75, 3.05) is 10.6 Å². The van der Waals surface area contributed by atoms with Crippen molar-refractivity contribution in [1.29, 1.82) is 0 Å². The van der Waals surface area contributed by atoms with Gasteiger partial charge in [0.15, 0.2) is 0 Å². The number of aryl methyl sites for hydroxylation is 1. The van der Waals surface area contributed by atoms with Gasteiger partial charge in [0.05, 0.1) is 0 Å². The first kappa shape index (κ1) is 22.6. The van der Waals surface area contributed by atoms with Crippen LogP contribution >= 0.6 is 0 Å². The molecule has 31 heavy (non-hydrogen) atoms. The summed E-state index contributed by atoms with van der Waals surface area (Å²) in [5.41, 5.74) is 2.60. The second kappa shape index (κ2) is 9.81. The van der Waals surface area contributed by atoms with E-state index in [0.717, 1.165) is 31.0 Å². The average molecular weight is 429 g/mol. The van der Waals surface area contributed by atoms with Crippen LogP contribution in [0.4, 0.5) is 36.3 Å². The zero-order chi connectivity index (χ0) is 22.4. The lowest BCUT2D eigenvalue weighted by Crippen LogP contribution is -2.12. The van der Waals surface area contributed by atoms with E-state index >= 15 is 0 Å². The quantitative estimate of drug-likeness (QED) is 0.401. The van der Waals surface area contributed by atoms with E-state index in [1.807, 2.05) is 42.5 Å². The zero-order valence-corrected chi connectivity index (χ0v) is 17.9. The molecule has 3 rings (SSSR count). The molecule has 1 heterocycles. The lowest BCUT2D eigenvalue weighted by atomic mass is 10.0. The molecule has 4 nitrogen and oxygen atoms in total. The third kappa shape index (κ3) is 6.44. The summed E-state index contributed by atoms with van der Waals surface area (Å²) in [5, 5.41) is 5.82. The SMILES string of the molecule is CCCc1ccc(Nc2ncc(C(F)(F)F)c(Nc3cccc(CC(C)C)c3)n2)cc1. The Balaban J connectivity index is 1.87. The van der Waals surface area contributed by atoms with E-state index in [0.29, 0.717) is 17.3 Å². The second-order valence-electron chi connectivity index (χ2n) is 7.95. The Hall–Kier alpha value is -3.09. The highest BCUT2D eigenvalue weighted by Crippen LogP contribution is 2.35. The predicted molar refractivity (Wildman–Crippen MR) is 119 cm³/mol. The van der Waals surface area contributed by atoms with Gasteiger partial charge in [0, 0.05) is 17.6 Å². The van der Waals surface area contributed by atoms with Crippen LogP contribution in [0, 0.1) is 5.92 Å². The fraction of sp³-hybridized carbons (Fsp3) is 0.333. The molecular formula is C24H27F3N4. The van der Waals surface area contributed by atoms with E-state index in [9.17, 15) is 13.2 Å². The highest BCUT2D eigenvalue weighted by Gasteiger charge is 2.35. The van der Waals surface area contributed by atoms with E-state index in [-0.39, 0.29) is 11.8 Å². The van der Waals surface area contributed by atoms with E-state index in [2.05, 4.69) is 41.4 Å². The second-order valence-corrected chi connectivity index (χ2v) is 7.95. The van der Waals surface area contributed by atoms with Crippen LogP contribution < -0.4 is 10.6 Å². The van der Waals surface area contributed by atoms with E-state index in [4.69, 9.17) is 0 Å². The molecule has 0 aliphatic heterocycles. The normalized spacial score (nSPS) is 11.6. The molecule has 0 saturated heterocycles. The highest BCUT2D eigenvalue weighted by atomic mass is 19.4. The Morgan fingerprint density at radius 2 is 1.68 bits per heavy atom. The maximum Gasteiger partial charge on any atom is 0.421 e. The maximum atomic E-state index is 13.5. The molecule has 2 aromatic carbocycles. The Morgan fingerprint density at radius 3 is 2.32 bits per heavy atom. The molecule has 0 fully saturated rings. The molecule has 0 bridgehead atoms. The number of hydrogen-bond acceptors (Lipinski definition) is 4. The van der Waals surface area contributed by atoms with Crippen molar-refractivity contribution in [2.45, 2.75) is 46.2 Å². The lowest BCUT2D eigenvalue weighted by Gasteiger charge is -2.16. The molecule has 0 spiro atoms. The third-order valence-electron chi connectivity index (χ3n) is 4.68. The van der Waals surface area contributed by atoms with Crippen molar-refractivity contribution in [2.24, 2.45) is 5.92 Å². The van der Waals surface area contributed by atoms with E-state index < -0.39 is 11.7 Å². The first-order valence-electron chi connectivity index (χ1n) is 10.4. The molecule has 0 radical (unpaired) electrons. The predicted octanol–water partition coefficient (Wildman–Crippen LogP) is 7.13. The zero-order valence-electron chi connectivity index (χ0n) is 17.9. The minimum absolute atomic E-state index is 0.0945. The van der Waals surface area contributed by atoms with Crippen LogP contribution in [0.3, 0.4) is 0 Å². The molecule has 0 aliphatic rings. The van der Waals surface area contributed by atoms with Gasteiger partial charge in [0.1, 0.15) is 11.4 Å². The number of benzene rings is 2. The Bertz CT molecular complexity index is 998. The molecule has 3 aromatic rings. The van der Waals surface area contributed by atoms with Crippen molar-refractivity contribution in [3.05, 3.63) is 71.4 Å². The van der Waals surface area contributed by atoms with Gasteiger partial charge in [-0.15, -0.1) is 0 Å². The molecular weight excluding hydrogens is 401 g/mol. The van der Waals surface area contributed by atoms with Crippen LogP contribution in [0.25, 0.3) is 0 Å². The summed E-state index contributed by atoms with van der Waals surface area (Å²) in [6.07, 6.45) is -0.908. The van der Waals surface area contributed by atoms with Crippen molar-refractivity contribution >= 4 is 23.1 Å². The van der Waals surface area contributed by atoms with Crippen molar-refractivity contribution in [3.63, 3.8) is 0 Å². The molecule has 164 valence electrons. The number of alkyl halides is 3. The van der Waals surface area contributed by atoms with Crippen LogP contribution in [0.15, 0.2) is 54.7 Å². The van der Waals surface area contributed by atoms with Gasteiger partial charge in [-0.25, -0.2) is 4.98 Å². The van der Waals surface area contributed by atoms with Crippen LogP contribution in [-0.4, -0.2) is 9.97 Å². The summed E-state index contributed by atoms with van der Waals surface area (Å²) in [6, 6.07) is 15.1. The van der Waals surface area contributed by atoms with Crippen LogP contribution in [0.2, 0.25) is 0 Å². The minimum Gasteiger partial charge on any atom is -0.340 e. The van der Waals surface area contributed by atoms with Crippen molar-refractivity contribution in [1.82, 2.24) is 9.97 Å². The number of anilines is 4. The maximum absolute atomic E-state index is 13.5. The lowest BCUT2D eigenvalue weighted by molar-refractivity contribution is -0.137. The summed E-state index contributed by atoms with van der Waals surface area (Å²) in [5.74, 6) is 0.255. The van der Waals surface area contributed by atoms with Crippen molar-refractivity contribution < 1.29 is 13.2 Å². The molecule has 0 saturated carbocycles. The van der Waals surface area contributed by atoms with Gasteiger partial charge in [-0.1, -0.05) is 51.5 Å². The van der Waals surface area contributed by atoms with Crippen molar-refractivity contribution in [3.8, 4) is 0 Å². The summed E-state index contributed by atoms with van der Waals surface area (Å²) >= 11 is 0. The van der Waals surface area contributed by atoms with E-state index in [1.54, 1.807) is 6.07 Å². The van der Waals surface area contributed by atoms with Crippen LogP contribution in [0.1, 0.15) is 43.9 Å². The number of halogens is 3. The van der Waals surface area contributed by atoms with Crippen LogP contribution in [-0.2, 0) is 19.0 Å². The summed E-state index contributed by atoms with van der Waals surface area (Å²) in [4.78, 5) is 8.00. The smallest absolute Gasteiger partial charge is 0.340 e.